The lowest BCUT2D eigenvalue weighted by Gasteiger charge is -2.17. The first-order chi connectivity index (χ1) is 14.1. The molecule has 2 aromatic heterocycles. The number of halogens is 1. The molecule has 0 aliphatic rings. The highest BCUT2D eigenvalue weighted by molar-refractivity contribution is 7.93. The van der Waals surface area contributed by atoms with E-state index in [1.165, 1.54) is 11.4 Å². The Hall–Kier alpha value is -2.56. The average molecular weight is 470 g/mol. The maximum Gasteiger partial charge on any atom is 0.267 e. The number of hydrogen-bond donors (Lipinski definition) is 2. The number of carbonyl (C=O) groups excluding carboxylic acids is 1. The van der Waals surface area contributed by atoms with Crippen LogP contribution < -0.4 is 14.8 Å². The highest BCUT2D eigenvalue weighted by atomic mass is 35.5. The van der Waals surface area contributed by atoms with Crippen molar-refractivity contribution in [2.75, 3.05) is 17.1 Å². The van der Waals surface area contributed by atoms with E-state index in [9.17, 15) is 13.2 Å². The second-order valence-electron chi connectivity index (χ2n) is 6.63. The van der Waals surface area contributed by atoms with Crippen LogP contribution >= 0.6 is 22.9 Å². The van der Waals surface area contributed by atoms with E-state index in [4.69, 9.17) is 20.9 Å². The highest BCUT2D eigenvalue weighted by Gasteiger charge is 2.27. The molecule has 8 nitrogen and oxygen atoms in total. The van der Waals surface area contributed by atoms with Crippen LogP contribution in [0.3, 0.4) is 0 Å². The minimum absolute atomic E-state index is 0.0215. The number of amides is 1. The van der Waals surface area contributed by atoms with E-state index in [1.54, 1.807) is 14.0 Å². The first-order valence-corrected chi connectivity index (χ1v) is 11.5. The van der Waals surface area contributed by atoms with Crippen LogP contribution in [-0.4, -0.2) is 26.6 Å². The molecule has 0 spiro atoms. The molecule has 0 saturated heterocycles. The predicted octanol–water partition coefficient (Wildman–Crippen LogP) is 4.68. The zero-order valence-corrected chi connectivity index (χ0v) is 19.3. The summed E-state index contributed by atoms with van der Waals surface area (Å²) in [4.78, 5) is 12.8. The van der Waals surface area contributed by atoms with Crippen molar-refractivity contribution < 1.29 is 22.5 Å². The van der Waals surface area contributed by atoms with Gasteiger partial charge in [-0.05, 0) is 50.3 Å². The van der Waals surface area contributed by atoms with Gasteiger partial charge in [0.25, 0.3) is 21.8 Å². The summed E-state index contributed by atoms with van der Waals surface area (Å²) in [6, 6.07) is 3.23. The summed E-state index contributed by atoms with van der Waals surface area (Å²) in [7, 11) is -2.57. The van der Waals surface area contributed by atoms with E-state index in [1.807, 2.05) is 26.8 Å². The Morgan fingerprint density at radius 2 is 1.93 bits per heavy atom. The first-order valence-electron chi connectivity index (χ1n) is 8.75. The Morgan fingerprint density at radius 1 is 1.23 bits per heavy atom. The highest BCUT2D eigenvalue weighted by Crippen LogP contribution is 2.34. The minimum Gasteiger partial charge on any atom is -0.496 e. The lowest BCUT2D eigenvalue weighted by Crippen LogP contribution is -2.19. The van der Waals surface area contributed by atoms with Gasteiger partial charge in [0, 0.05) is 5.56 Å². The largest absolute Gasteiger partial charge is 0.496 e. The molecule has 0 atom stereocenters. The molecule has 30 heavy (non-hydrogen) atoms. The van der Waals surface area contributed by atoms with Crippen molar-refractivity contribution in [3.05, 3.63) is 49.8 Å². The van der Waals surface area contributed by atoms with E-state index in [-0.39, 0.29) is 20.7 Å². The fourth-order valence-electron chi connectivity index (χ4n) is 3.12. The number of anilines is 2. The molecule has 1 amide bonds. The van der Waals surface area contributed by atoms with Gasteiger partial charge in [-0.1, -0.05) is 22.8 Å². The summed E-state index contributed by atoms with van der Waals surface area (Å²) >= 11 is 7.00. The van der Waals surface area contributed by atoms with Gasteiger partial charge in [-0.15, -0.1) is 11.3 Å². The third-order valence-electron chi connectivity index (χ3n) is 4.49. The van der Waals surface area contributed by atoms with Crippen molar-refractivity contribution in [3.63, 3.8) is 0 Å². The maximum absolute atomic E-state index is 13.0. The fourth-order valence-corrected chi connectivity index (χ4v) is 5.61. The van der Waals surface area contributed by atoms with Crippen LogP contribution in [0.4, 0.5) is 11.6 Å². The van der Waals surface area contributed by atoms with Crippen molar-refractivity contribution in [3.8, 4) is 5.75 Å². The van der Waals surface area contributed by atoms with Crippen LogP contribution in [0.2, 0.25) is 5.02 Å². The van der Waals surface area contributed by atoms with E-state index < -0.39 is 15.9 Å². The lowest BCUT2D eigenvalue weighted by atomic mass is 10.0. The summed E-state index contributed by atoms with van der Waals surface area (Å²) in [6.45, 7) is 7.18. The van der Waals surface area contributed by atoms with Crippen LogP contribution in [0.1, 0.15) is 32.1 Å². The normalized spacial score (nSPS) is 11.4. The number of nitrogens with zero attached hydrogens (tertiary/aromatic N) is 1. The minimum atomic E-state index is -4.13. The van der Waals surface area contributed by atoms with E-state index >= 15 is 0 Å². The number of hydrogen-bond acceptors (Lipinski definition) is 7. The summed E-state index contributed by atoms with van der Waals surface area (Å²) in [5, 5.41) is 8.00. The van der Waals surface area contributed by atoms with Gasteiger partial charge >= 0.3 is 0 Å². The van der Waals surface area contributed by atoms with Crippen molar-refractivity contribution >= 4 is 50.4 Å². The number of ether oxygens (including phenoxy) is 1. The molecule has 0 saturated carbocycles. The molecule has 11 heteroatoms. The monoisotopic (exact) mass is 469 g/mol. The van der Waals surface area contributed by atoms with Crippen molar-refractivity contribution in [1.82, 2.24) is 5.16 Å². The zero-order chi connectivity index (χ0) is 22.2. The topological polar surface area (TPSA) is 111 Å². The molecule has 3 rings (SSSR count). The third kappa shape index (κ3) is 4.03. The second-order valence-corrected chi connectivity index (χ2v) is 9.57. The molecular formula is C19H20ClN3O5S2. The molecule has 2 N–H and O–H groups in total. The Kier molecular flexibility index (Phi) is 6.11. The van der Waals surface area contributed by atoms with Crippen LogP contribution in [0.15, 0.2) is 26.9 Å². The van der Waals surface area contributed by atoms with Gasteiger partial charge in [0.2, 0.25) is 0 Å². The quantitative estimate of drug-likeness (QED) is 0.542. The second kappa shape index (κ2) is 8.29. The summed E-state index contributed by atoms with van der Waals surface area (Å²) in [5.74, 6) is -0.101. The number of carbonyl (C=O) groups is 1. The van der Waals surface area contributed by atoms with Crippen LogP contribution in [0.5, 0.6) is 5.75 Å². The molecule has 0 radical (unpaired) electrons. The molecule has 3 aromatic rings. The Balaban J connectivity index is 1.94. The summed E-state index contributed by atoms with van der Waals surface area (Å²) in [6.07, 6.45) is 0. The van der Waals surface area contributed by atoms with Gasteiger partial charge in [-0.25, -0.2) is 13.1 Å². The number of benzene rings is 1. The average Bonchev–Trinajstić information content (AvgIpc) is 3.28. The number of methoxy groups -OCH3 is 1. The first kappa shape index (κ1) is 22.1. The molecule has 0 aliphatic heterocycles. The van der Waals surface area contributed by atoms with Gasteiger partial charge < -0.3 is 14.6 Å². The van der Waals surface area contributed by atoms with Crippen LogP contribution in [-0.2, 0) is 10.0 Å². The number of aryl methyl sites for hydroxylation is 3. The van der Waals surface area contributed by atoms with Gasteiger partial charge in [-0.2, -0.15) is 0 Å². The van der Waals surface area contributed by atoms with Gasteiger partial charge in [0.15, 0.2) is 0 Å². The Labute approximate surface area is 183 Å². The van der Waals surface area contributed by atoms with Crippen LogP contribution in [0, 0.1) is 27.7 Å². The van der Waals surface area contributed by atoms with Gasteiger partial charge in [0.05, 0.1) is 12.8 Å². The molecule has 0 aliphatic carbocycles. The Bertz CT molecular complexity index is 1230. The number of sulfonamides is 1. The van der Waals surface area contributed by atoms with Gasteiger partial charge in [-0.3, -0.25) is 4.79 Å². The molecule has 0 unspecified atom stereocenters. The molecule has 0 bridgehead atoms. The SMILES string of the molecule is COc1c(C)cc(C)c(NC(=O)c2sccc2S(=O)(=O)Nc2onc(C)c2Cl)c1C. The van der Waals surface area contributed by atoms with E-state index in [0.717, 1.165) is 28.0 Å². The third-order valence-corrected chi connectivity index (χ3v) is 7.35. The molecule has 2 heterocycles. The number of aromatic nitrogens is 1. The summed E-state index contributed by atoms with van der Waals surface area (Å²) in [5.41, 5.74) is 3.44. The Morgan fingerprint density at radius 3 is 2.53 bits per heavy atom. The van der Waals surface area contributed by atoms with E-state index in [0.29, 0.717) is 17.1 Å². The zero-order valence-electron chi connectivity index (χ0n) is 16.9. The fraction of sp³-hybridized carbons (Fsp3) is 0.263. The number of rotatable bonds is 6. The van der Waals surface area contributed by atoms with E-state index in [2.05, 4.69) is 15.2 Å². The molecule has 1 aromatic carbocycles. The van der Waals surface area contributed by atoms with Crippen molar-refractivity contribution in [2.45, 2.75) is 32.6 Å². The molecule has 0 fully saturated rings. The van der Waals surface area contributed by atoms with Crippen LogP contribution in [0.25, 0.3) is 0 Å². The molecule has 160 valence electrons. The van der Waals surface area contributed by atoms with Crippen molar-refractivity contribution in [1.29, 1.82) is 0 Å². The lowest BCUT2D eigenvalue weighted by molar-refractivity contribution is 0.102. The summed E-state index contributed by atoms with van der Waals surface area (Å²) < 4.78 is 38.2. The molecular weight excluding hydrogens is 450 g/mol. The smallest absolute Gasteiger partial charge is 0.267 e. The number of thiophene rings is 1. The van der Waals surface area contributed by atoms with Crippen molar-refractivity contribution in [2.24, 2.45) is 0 Å². The predicted molar refractivity (Wildman–Crippen MR) is 117 cm³/mol. The van der Waals surface area contributed by atoms with Gasteiger partial charge in [0.1, 0.15) is 26.2 Å². The number of nitrogens with one attached hydrogen (secondary N) is 2. The standard InChI is InChI=1S/C19H20ClN3O5S2/c1-9-8-10(2)16(27-5)11(3)15(9)21-18(24)17-13(6-7-29-17)30(25,26)23-19-14(20)12(4)22-28-19/h6-8,23H,1-5H3,(H,21,24). The maximum atomic E-state index is 13.0.